The summed E-state index contributed by atoms with van der Waals surface area (Å²) >= 11 is 0. The summed E-state index contributed by atoms with van der Waals surface area (Å²) in [6.45, 7) is 3.31. The molecule has 1 atom stereocenters. The summed E-state index contributed by atoms with van der Waals surface area (Å²) in [7, 11) is 6.45. The van der Waals surface area contributed by atoms with Crippen LogP contribution in [0.5, 0.6) is 0 Å². The third-order valence-electron chi connectivity index (χ3n) is 3.92. The molecule has 1 aromatic rings. The lowest BCUT2D eigenvalue weighted by atomic mass is 10.0. The van der Waals surface area contributed by atoms with E-state index in [0.29, 0.717) is 6.04 Å². The number of likely N-dealkylation sites (tertiary alicyclic amines) is 1. The predicted molar refractivity (Wildman–Crippen MR) is 82.6 cm³/mol. The van der Waals surface area contributed by atoms with E-state index in [0.717, 1.165) is 13.1 Å². The van der Waals surface area contributed by atoms with Crippen LogP contribution in [0.2, 0.25) is 0 Å². The first-order valence-electron chi connectivity index (χ1n) is 7.33. The summed E-state index contributed by atoms with van der Waals surface area (Å²) in [6.07, 6.45) is 4.05. The largest absolute Gasteiger partial charge is 0.383 e. The SMILES string of the molecule is CN(C)Cc1ccc(NCC2CCCCN2C)cc1. The molecular weight excluding hydrogens is 234 g/mol. The van der Waals surface area contributed by atoms with E-state index in [2.05, 4.69) is 60.5 Å². The summed E-state index contributed by atoms with van der Waals surface area (Å²) in [6, 6.07) is 9.51. The van der Waals surface area contributed by atoms with Crippen molar-refractivity contribution in [2.45, 2.75) is 31.8 Å². The highest BCUT2D eigenvalue weighted by atomic mass is 15.2. The van der Waals surface area contributed by atoms with Crippen molar-refractivity contribution in [1.82, 2.24) is 9.80 Å². The fourth-order valence-corrected chi connectivity index (χ4v) is 2.73. The van der Waals surface area contributed by atoms with Gasteiger partial charge in [-0.1, -0.05) is 18.6 Å². The Morgan fingerprint density at radius 3 is 2.58 bits per heavy atom. The highest BCUT2D eigenvalue weighted by Gasteiger charge is 2.18. The second-order valence-corrected chi connectivity index (χ2v) is 5.95. The molecule has 1 N–H and O–H groups in total. The quantitative estimate of drug-likeness (QED) is 0.879. The highest BCUT2D eigenvalue weighted by Crippen LogP contribution is 2.16. The van der Waals surface area contributed by atoms with E-state index < -0.39 is 0 Å². The molecule has 3 nitrogen and oxygen atoms in total. The van der Waals surface area contributed by atoms with Crippen LogP contribution in [0.25, 0.3) is 0 Å². The summed E-state index contributed by atoms with van der Waals surface area (Å²) in [5, 5.41) is 3.57. The normalized spacial score (nSPS) is 20.7. The van der Waals surface area contributed by atoms with Crippen molar-refractivity contribution >= 4 is 5.69 Å². The van der Waals surface area contributed by atoms with Crippen LogP contribution in [0.4, 0.5) is 5.69 Å². The molecular formula is C16H27N3. The zero-order valence-electron chi connectivity index (χ0n) is 12.5. The van der Waals surface area contributed by atoms with Gasteiger partial charge in [-0.25, -0.2) is 0 Å². The second-order valence-electron chi connectivity index (χ2n) is 5.95. The van der Waals surface area contributed by atoms with E-state index in [4.69, 9.17) is 0 Å². The molecule has 0 aromatic heterocycles. The molecule has 0 amide bonds. The number of nitrogens with zero attached hydrogens (tertiary/aromatic N) is 2. The van der Waals surface area contributed by atoms with Gasteiger partial charge in [-0.3, -0.25) is 0 Å². The Hall–Kier alpha value is -1.06. The molecule has 0 bridgehead atoms. The zero-order chi connectivity index (χ0) is 13.7. The number of nitrogens with one attached hydrogen (secondary N) is 1. The van der Waals surface area contributed by atoms with Gasteiger partial charge in [-0.15, -0.1) is 0 Å². The third-order valence-corrected chi connectivity index (χ3v) is 3.92. The van der Waals surface area contributed by atoms with Crippen molar-refractivity contribution in [2.24, 2.45) is 0 Å². The van der Waals surface area contributed by atoms with Gasteiger partial charge >= 0.3 is 0 Å². The topological polar surface area (TPSA) is 18.5 Å². The Morgan fingerprint density at radius 1 is 1.21 bits per heavy atom. The molecule has 19 heavy (non-hydrogen) atoms. The van der Waals surface area contributed by atoms with Crippen molar-refractivity contribution in [3.05, 3.63) is 29.8 Å². The molecule has 0 radical (unpaired) electrons. The van der Waals surface area contributed by atoms with Crippen molar-refractivity contribution in [3.8, 4) is 0 Å². The number of hydrogen-bond donors (Lipinski definition) is 1. The molecule has 1 saturated heterocycles. The second kappa shape index (κ2) is 6.92. The molecule has 0 spiro atoms. The number of benzene rings is 1. The Labute approximate surface area is 117 Å². The van der Waals surface area contributed by atoms with Gasteiger partial charge < -0.3 is 15.1 Å². The smallest absolute Gasteiger partial charge is 0.0340 e. The van der Waals surface area contributed by atoms with Crippen molar-refractivity contribution < 1.29 is 0 Å². The minimum Gasteiger partial charge on any atom is -0.383 e. The summed E-state index contributed by atoms with van der Waals surface area (Å²) in [5.74, 6) is 0. The molecule has 2 rings (SSSR count). The maximum absolute atomic E-state index is 3.57. The van der Waals surface area contributed by atoms with Crippen LogP contribution in [-0.4, -0.2) is 50.1 Å². The number of likely N-dealkylation sites (N-methyl/N-ethyl adjacent to an activating group) is 1. The third kappa shape index (κ3) is 4.51. The van der Waals surface area contributed by atoms with Gasteiger partial charge in [0.15, 0.2) is 0 Å². The molecule has 1 heterocycles. The molecule has 106 valence electrons. The zero-order valence-corrected chi connectivity index (χ0v) is 12.5. The average Bonchev–Trinajstić information content (AvgIpc) is 2.39. The molecule has 0 saturated carbocycles. The monoisotopic (exact) mass is 261 g/mol. The van der Waals surface area contributed by atoms with Crippen LogP contribution in [0.15, 0.2) is 24.3 Å². The van der Waals surface area contributed by atoms with E-state index in [1.165, 1.54) is 37.1 Å². The van der Waals surface area contributed by atoms with Gasteiger partial charge in [0.25, 0.3) is 0 Å². The van der Waals surface area contributed by atoms with Gasteiger partial charge in [0, 0.05) is 24.8 Å². The highest BCUT2D eigenvalue weighted by molar-refractivity contribution is 5.44. The summed E-state index contributed by atoms with van der Waals surface area (Å²) < 4.78 is 0. The Morgan fingerprint density at radius 2 is 1.95 bits per heavy atom. The van der Waals surface area contributed by atoms with Gasteiger partial charge in [0.05, 0.1) is 0 Å². The molecule has 1 aliphatic heterocycles. The van der Waals surface area contributed by atoms with Crippen LogP contribution >= 0.6 is 0 Å². The van der Waals surface area contributed by atoms with Gasteiger partial charge in [-0.05, 0) is 58.2 Å². The van der Waals surface area contributed by atoms with E-state index in [1.54, 1.807) is 0 Å². The number of piperidine rings is 1. The predicted octanol–water partition coefficient (Wildman–Crippen LogP) is 2.64. The molecule has 0 aliphatic carbocycles. The molecule has 1 aromatic carbocycles. The van der Waals surface area contributed by atoms with E-state index in [1.807, 2.05) is 0 Å². The summed E-state index contributed by atoms with van der Waals surface area (Å²) in [4.78, 5) is 4.68. The number of anilines is 1. The Kier molecular flexibility index (Phi) is 5.23. The molecule has 3 heteroatoms. The van der Waals surface area contributed by atoms with Gasteiger partial charge in [-0.2, -0.15) is 0 Å². The number of rotatable bonds is 5. The first kappa shape index (κ1) is 14.4. The standard InChI is InChI=1S/C16H27N3/c1-18(2)13-14-7-9-15(10-8-14)17-12-16-6-4-5-11-19(16)3/h7-10,16-17H,4-6,11-13H2,1-3H3. The van der Waals surface area contributed by atoms with Crippen LogP contribution in [-0.2, 0) is 6.54 Å². The minimum atomic E-state index is 0.690. The fourth-order valence-electron chi connectivity index (χ4n) is 2.73. The Bertz CT molecular complexity index is 372. The number of hydrogen-bond acceptors (Lipinski definition) is 3. The molecule has 1 aliphatic rings. The van der Waals surface area contributed by atoms with Gasteiger partial charge in [0.1, 0.15) is 0 Å². The first-order valence-corrected chi connectivity index (χ1v) is 7.33. The lowest BCUT2D eigenvalue weighted by Gasteiger charge is -2.32. The van der Waals surface area contributed by atoms with Crippen LogP contribution in [0, 0.1) is 0 Å². The van der Waals surface area contributed by atoms with Crippen molar-refractivity contribution in [1.29, 1.82) is 0 Å². The lowest BCUT2D eigenvalue weighted by Crippen LogP contribution is -2.40. The maximum atomic E-state index is 3.57. The first-order chi connectivity index (χ1) is 9.15. The minimum absolute atomic E-state index is 0.690. The maximum Gasteiger partial charge on any atom is 0.0340 e. The van der Waals surface area contributed by atoms with Crippen LogP contribution in [0.3, 0.4) is 0 Å². The van der Waals surface area contributed by atoms with Crippen LogP contribution < -0.4 is 5.32 Å². The molecule has 1 unspecified atom stereocenters. The van der Waals surface area contributed by atoms with Crippen molar-refractivity contribution in [3.63, 3.8) is 0 Å². The lowest BCUT2D eigenvalue weighted by molar-refractivity contribution is 0.194. The van der Waals surface area contributed by atoms with E-state index in [9.17, 15) is 0 Å². The van der Waals surface area contributed by atoms with Gasteiger partial charge in [0.2, 0.25) is 0 Å². The van der Waals surface area contributed by atoms with E-state index in [-0.39, 0.29) is 0 Å². The fraction of sp³-hybridized carbons (Fsp3) is 0.625. The van der Waals surface area contributed by atoms with Crippen LogP contribution in [0.1, 0.15) is 24.8 Å². The van der Waals surface area contributed by atoms with E-state index >= 15 is 0 Å². The average molecular weight is 261 g/mol. The van der Waals surface area contributed by atoms with Crippen molar-refractivity contribution in [2.75, 3.05) is 39.5 Å². The Balaban J connectivity index is 1.82. The summed E-state index contributed by atoms with van der Waals surface area (Å²) in [5.41, 5.74) is 2.60. The molecule has 1 fully saturated rings.